The molecule has 1 aliphatic rings. The summed E-state index contributed by atoms with van der Waals surface area (Å²) >= 11 is 0. The molecule has 1 aromatic heterocycles. The highest BCUT2D eigenvalue weighted by molar-refractivity contribution is 5.14. The normalized spacial score (nSPS) is 21.8. The van der Waals surface area contributed by atoms with E-state index in [1.807, 2.05) is 7.05 Å². The smallest absolute Gasteiger partial charge is 0.141 e. The topological polar surface area (TPSA) is 34.1 Å². The van der Waals surface area contributed by atoms with Crippen LogP contribution < -0.4 is 5.32 Å². The number of hydrogen-bond donors (Lipinski definition) is 1. The molecule has 18 heavy (non-hydrogen) atoms. The molecule has 0 aromatic carbocycles. The van der Waals surface area contributed by atoms with E-state index in [-0.39, 0.29) is 11.9 Å². The van der Waals surface area contributed by atoms with Crippen LogP contribution in [0.5, 0.6) is 0 Å². The highest BCUT2D eigenvalue weighted by Gasteiger charge is 2.17. The fraction of sp³-hybridized carbons (Fsp3) is 0.643. The number of nitrogens with one attached hydrogen (secondary N) is 1. The summed E-state index contributed by atoms with van der Waals surface area (Å²) in [4.78, 5) is 3.90. The molecule has 0 aliphatic carbocycles. The van der Waals surface area contributed by atoms with Crippen LogP contribution in [-0.4, -0.2) is 24.7 Å². The van der Waals surface area contributed by atoms with Crippen molar-refractivity contribution in [3.8, 4) is 0 Å². The second-order valence-corrected chi connectivity index (χ2v) is 4.84. The predicted molar refractivity (Wildman–Crippen MR) is 68.8 cm³/mol. The Morgan fingerprint density at radius 1 is 1.50 bits per heavy atom. The van der Waals surface area contributed by atoms with E-state index in [2.05, 4.69) is 10.3 Å². The second-order valence-electron chi connectivity index (χ2n) is 4.84. The molecule has 2 rings (SSSR count). The van der Waals surface area contributed by atoms with Gasteiger partial charge in [-0.25, -0.2) is 4.39 Å². The van der Waals surface area contributed by atoms with E-state index in [4.69, 9.17) is 4.74 Å². The van der Waals surface area contributed by atoms with E-state index in [0.29, 0.717) is 6.10 Å². The lowest BCUT2D eigenvalue weighted by molar-refractivity contribution is 0.00865. The minimum Gasteiger partial charge on any atom is -0.378 e. The Morgan fingerprint density at radius 2 is 2.39 bits per heavy atom. The SMILES string of the molecule is CNC(CCC1CCCCO1)c1cncc(F)c1. The maximum atomic E-state index is 13.1. The van der Waals surface area contributed by atoms with Crippen molar-refractivity contribution in [1.29, 1.82) is 0 Å². The molecule has 1 N–H and O–H groups in total. The fourth-order valence-electron chi connectivity index (χ4n) is 2.48. The van der Waals surface area contributed by atoms with Crippen molar-refractivity contribution in [3.05, 3.63) is 29.8 Å². The Balaban J connectivity index is 1.88. The monoisotopic (exact) mass is 252 g/mol. The van der Waals surface area contributed by atoms with Crippen molar-refractivity contribution in [1.82, 2.24) is 10.3 Å². The van der Waals surface area contributed by atoms with E-state index in [9.17, 15) is 4.39 Å². The summed E-state index contributed by atoms with van der Waals surface area (Å²) < 4.78 is 18.9. The quantitative estimate of drug-likeness (QED) is 0.875. The molecule has 0 radical (unpaired) electrons. The van der Waals surface area contributed by atoms with Crippen LogP contribution in [0.1, 0.15) is 43.7 Å². The molecule has 0 bridgehead atoms. The molecule has 2 unspecified atom stereocenters. The van der Waals surface area contributed by atoms with Crippen LogP contribution in [0.25, 0.3) is 0 Å². The maximum absolute atomic E-state index is 13.1. The summed E-state index contributed by atoms with van der Waals surface area (Å²) in [5.74, 6) is -0.276. The number of rotatable bonds is 5. The average Bonchev–Trinajstić information content (AvgIpc) is 2.41. The van der Waals surface area contributed by atoms with Gasteiger partial charge in [0.25, 0.3) is 0 Å². The Kier molecular flexibility index (Phi) is 5.08. The molecule has 1 saturated heterocycles. The van der Waals surface area contributed by atoms with E-state index in [1.165, 1.54) is 19.0 Å². The predicted octanol–water partition coefficient (Wildman–Crippen LogP) is 2.83. The summed E-state index contributed by atoms with van der Waals surface area (Å²) in [5.41, 5.74) is 0.910. The van der Waals surface area contributed by atoms with Crippen LogP contribution in [0, 0.1) is 5.82 Å². The number of aromatic nitrogens is 1. The van der Waals surface area contributed by atoms with E-state index in [1.54, 1.807) is 12.3 Å². The minimum absolute atomic E-state index is 0.152. The number of nitrogens with zero attached hydrogens (tertiary/aromatic N) is 1. The van der Waals surface area contributed by atoms with Crippen molar-refractivity contribution in [2.24, 2.45) is 0 Å². The van der Waals surface area contributed by atoms with Crippen LogP contribution in [0.2, 0.25) is 0 Å². The summed E-state index contributed by atoms with van der Waals surface area (Å²) in [6, 6.07) is 1.70. The molecular formula is C14H21FN2O. The highest BCUT2D eigenvalue weighted by atomic mass is 19.1. The van der Waals surface area contributed by atoms with E-state index < -0.39 is 0 Å². The first kappa shape index (κ1) is 13.4. The Bertz CT molecular complexity index is 367. The third kappa shape index (κ3) is 3.75. The molecule has 0 amide bonds. The number of hydrogen-bond acceptors (Lipinski definition) is 3. The van der Waals surface area contributed by atoms with Gasteiger partial charge in [-0.1, -0.05) is 0 Å². The van der Waals surface area contributed by atoms with Crippen molar-refractivity contribution >= 4 is 0 Å². The Hall–Kier alpha value is -1.00. The number of pyridine rings is 1. The minimum atomic E-state index is -0.276. The molecule has 2 heterocycles. The zero-order valence-corrected chi connectivity index (χ0v) is 10.9. The van der Waals surface area contributed by atoms with Gasteiger partial charge in [0, 0.05) is 18.8 Å². The zero-order valence-electron chi connectivity index (χ0n) is 10.9. The van der Waals surface area contributed by atoms with Gasteiger partial charge in [-0.05, 0) is 50.8 Å². The molecule has 1 aromatic rings. The molecule has 4 heteroatoms. The lowest BCUT2D eigenvalue weighted by Gasteiger charge is -2.24. The van der Waals surface area contributed by atoms with Gasteiger partial charge >= 0.3 is 0 Å². The molecular weight excluding hydrogens is 231 g/mol. The van der Waals surface area contributed by atoms with Gasteiger partial charge in [-0.3, -0.25) is 4.98 Å². The molecule has 1 aliphatic heterocycles. The van der Waals surface area contributed by atoms with Crippen LogP contribution >= 0.6 is 0 Å². The van der Waals surface area contributed by atoms with Crippen LogP contribution in [0.3, 0.4) is 0 Å². The second kappa shape index (κ2) is 6.81. The lowest BCUT2D eigenvalue weighted by Crippen LogP contribution is -2.23. The van der Waals surface area contributed by atoms with Crippen molar-refractivity contribution in [2.45, 2.75) is 44.2 Å². The average molecular weight is 252 g/mol. The third-order valence-corrected chi connectivity index (χ3v) is 3.53. The zero-order chi connectivity index (χ0) is 12.8. The van der Waals surface area contributed by atoms with Crippen LogP contribution in [-0.2, 0) is 4.74 Å². The van der Waals surface area contributed by atoms with Crippen LogP contribution in [0.4, 0.5) is 4.39 Å². The van der Waals surface area contributed by atoms with Gasteiger partial charge in [0.05, 0.1) is 12.3 Å². The van der Waals surface area contributed by atoms with Gasteiger partial charge in [-0.2, -0.15) is 0 Å². The third-order valence-electron chi connectivity index (χ3n) is 3.53. The first-order valence-corrected chi connectivity index (χ1v) is 6.69. The summed E-state index contributed by atoms with van der Waals surface area (Å²) in [7, 11) is 1.90. The van der Waals surface area contributed by atoms with Gasteiger partial charge in [0.2, 0.25) is 0 Å². The standard InChI is InChI=1S/C14H21FN2O/c1-16-14(11-8-12(15)10-17-9-11)6-5-13-4-2-3-7-18-13/h8-10,13-14,16H,2-7H2,1H3. The fourth-order valence-corrected chi connectivity index (χ4v) is 2.48. The molecule has 100 valence electrons. The first-order valence-electron chi connectivity index (χ1n) is 6.69. The van der Waals surface area contributed by atoms with Gasteiger partial charge in [0.15, 0.2) is 0 Å². The molecule has 1 fully saturated rings. The molecule has 3 nitrogen and oxygen atoms in total. The summed E-state index contributed by atoms with van der Waals surface area (Å²) in [5, 5.41) is 3.22. The first-order chi connectivity index (χ1) is 8.79. The lowest BCUT2D eigenvalue weighted by atomic mass is 9.98. The van der Waals surface area contributed by atoms with Crippen molar-refractivity contribution < 1.29 is 9.13 Å². The maximum Gasteiger partial charge on any atom is 0.141 e. The molecule has 0 saturated carbocycles. The van der Waals surface area contributed by atoms with Gasteiger partial charge in [-0.15, -0.1) is 0 Å². The van der Waals surface area contributed by atoms with Crippen LogP contribution in [0.15, 0.2) is 18.5 Å². The number of ether oxygens (including phenoxy) is 1. The molecule has 2 atom stereocenters. The molecule has 0 spiro atoms. The van der Waals surface area contributed by atoms with Crippen molar-refractivity contribution in [3.63, 3.8) is 0 Å². The van der Waals surface area contributed by atoms with E-state index >= 15 is 0 Å². The van der Waals surface area contributed by atoms with Crippen molar-refractivity contribution in [2.75, 3.05) is 13.7 Å². The van der Waals surface area contributed by atoms with Gasteiger partial charge < -0.3 is 10.1 Å². The summed E-state index contributed by atoms with van der Waals surface area (Å²) in [6.45, 7) is 0.885. The Morgan fingerprint density at radius 3 is 3.06 bits per heavy atom. The van der Waals surface area contributed by atoms with E-state index in [0.717, 1.165) is 31.4 Å². The highest BCUT2D eigenvalue weighted by Crippen LogP contribution is 2.23. The Labute approximate surface area is 108 Å². The number of halogens is 1. The summed E-state index contributed by atoms with van der Waals surface area (Å²) in [6.07, 6.45) is 8.89. The largest absolute Gasteiger partial charge is 0.378 e. The van der Waals surface area contributed by atoms with Gasteiger partial charge in [0.1, 0.15) is 5.82 Å².